The Morgan fingerprint density at radius 3 is 1.62 bits per heavy atom. The highest BCUT2D eigenvalue weighted by Gasteiger charge is 2.46. The molecule has 5 N–H and O–H groups in total. The fourth-order valence-electron chi connectivity index (χ4n) is 5.32. The lowest BCUT2D eigenvalue weighted by atomic mass is 9.96. The third-order valence-electron chi connectivity index (χ3n) is 7.97. The number of carbonyl (C=O) groups excluding carboxylic acids is 1. The molecule has 1 rings (SSSR count). The summed E-state index contributed by atoms with van der Waals surface area (Å²) in [5.41, 5.74) is 6.18. The summed E-state index contributed by atoms with van der Waals surface area (Å²) in [5, 5.41) is 30.2. The van der Waals surface area contributed by atoms with E-state index in [1.165, 1.54) is 94.8 Å². The zero-order chi connectivity index (χ0) is 28.7. The Balaban J connectivity index is 2.44. The van der Waals surface area contributed by atoms with Gasteiger partial charge < -0.3 is 30.5 Å². The van der Waals surface area contributed by atoms with Gasteiger partial charge in [0.25, 0.3) is 0 Å². The lowest BCUT2D eigenvalue weighted by Gasteiger charge is -2.44. The van der Waals surface area contributed by atoms with Crippen LogP contribution in [0.4, 0.5) is 4.79 Å². The van der Waals surface area contributed by atoms with Crippen molar-refractivity contribution in [3.05, 3.63) is 0 Å². The Morgan fingerprint density at radius 2 is 1.15 bits per heavy atom. The quantitative estimate of drug-likeness (QED) is 0.107. The number of rotatable bonds is 24. The summed E-state index contributed by atoms with van der Waals surface area (Å²) < 4.78 is 11.4. The van der Waals surface area contributed by atoms with Crippen LogP contribution in [0.5, 0.6) is 0 Å². The predicted molar refractivity (Wildman–Crippen MR) is 157 cm³/mol. The fourth-order valence-corrected chi connectivity index (χ4v) is 5.32. The lowest BCUT2D eigenvalue weighted by Crippen LogP contribution is -2.67. The highest BCUT2D eigenvalue weighted by atomic mass is 16.6. The molecule has 5 atom stereocenters. The number of nitrogens with zero attached hydrogens (tertiary/aromatic N) is 1. The molecular formula is C31H62N2O6. The molecule has 0 unspecified atom stereocenters. The van der Waals surface area contributed by atoms with E-state index in [-0.39, 0.29) is 0 Å². The molecule has 1 aliphatic heterocycles. The first-order valence-electron chi connectivity index (χ1n) is 16.3. The highest BCUT2D eigenvalue weighted by Crippen LogP contribution is 2.24. The Labute approximate surface area is 239 Å². The molecule has 39 heavy (non-hydrogen) atoms. The van der Waals surface area contributed by atoms with Crippen LogP contribution in [0.3, 0.4) is 0 Å². The van der Waals surface area contributed by atoms with Crippen LogP contribution in [0.2, 0.25) is 0 Å². The van der Waals surface area contributed by atoms with Gasteiger partial charge in [-0.25, -0.2) is 4.79 Å². The van der Waals surface area contributed by atoms with Crippen LogP contribution in [0.1, 0.15) is 142 Å². The van der Waals surface area contributed by atoms with Crippen molar-refractivity contribution in [3.63, 3.8) is 0 Å². The summed E-state index contributed by atoms with van der Waals surface area (Å²) in [7, 11) is 0. The van der Waals surface area contributed by atoms with Crippen molar-refractivity contribution >= 4 is 6.09 Å². The average molecular weight is 559 g/mol. The average Bonchev–Trinajstić information content (AvgIpc) is 2.94. The summed E-state index contributed by atoms with van der Waals surface area (Å²) in [4.78, 5) is 14.5. The zero-order valence-corrected chi connectivity index (χ0v) is 25.2. The molecule has 8 nitrogen and oxygen atoms in total. The van der Waals surface area contributed by atoms with Gasteiger partial charge in [-0.05, 0) is 12.8 Å². The molecule has 0 radical (unpaired) electrons. The van der Waals surface area contributed by atoms with E-state index in [1.54, 1.807) is 0 Å². The molecule has 0 aromatic rings. The Bertz CT molecular complexity index is 579. The number of ether oxygens (including phenoxy) is 2. The van der Waals surface area contributed by atoms with E-state index in [0.717, 1.165) is 38.5 Å². The lowest BCUT2D eigenvalue weighted by molar-refractivity contribution is -0.221. The maximum absolute atomic E-state index is 13.1. The van der Waals surface area contributed by atoms with E-state index in [9.17, 15) is 20.1 Å². The number of hydrogen-bond donors (Lipinski definition) is 4. The maximum Gasteiger partial charge on any atom is 0.411 e. The summed E-state index contributed by atoms with van der Waals surface area (Å²) >= 11 is 0. The first-order valence-corrected chi connectivity index (χ1v) is 16.3. The Kier molecular flexibility index (Phi) is 22.0. The Morgan fingerprint density at radius 1 is 0.718 bits per heavy atom. The second-order valence-corrected chi connectivity index (χ2v) is 11.5. The third-order valence-corrected chi connectivity index (χ3v) is 7.97. The highest BCUT2D eigenvalue weighted by molar-refractivity contribution is 5.68. The molecule has 0 aliphatic carbocycles. The molecule has 8 heteroatoms. The van der Waals surface area contributed by atoms with E-state index in [2.05, 4.69) is 13.8 Å². The van der Waals surface area contributed by atoms with E-state index >= 15 is 0 Å². The van der Waals surface area contributed by atoms with Gasteiger partial charge in [-0.15, -0.1) is 0 Å². The Hall–Kier alpha value is -0.930. The smallest absolute Gasteiger partial charge is 0.411 e. The van der Waals surface area contributed by atoms with Gasteiger partial charge in [0.05, 0.1) is 19.3 Å². The van der Waals surface area contributed by atoms with Gasteiger partial charge in [0, 0.05) is 6.54 Å². The van der Waals surface area contributed by atoms with Gasteiger partial charge in [0.1, 0.15) is 18.3 Å². The van der Waals surface area contributed by atoms with Crippen molar-refractivity contribution in [2.45, 2.75) is 173 Å². The van der Waals surface area contributed by atoms with Crippen LogP contribution in [0.25, 0.3) is 0 Å². The van der Waals surface area contributed by atoms with E-state index in [1.807, 2.05) is 0 Å². The van der Waals surface area contributed by atoms with Crippen molar-refractivity contribution in [2.75, 3.05) is 19.8 Å². The van der Waals surface area contributed by atoms with Crippen molar-refractivity contribution < 1.29 is 29.6 Å². The molecule has 1 saturated heterocycles. The van der Waals surface area contributed by atoms with Crippen LogP contribution in [0.15, 0.2) is 0 Å². The maximum atomic E-state index is 13.1. The predicted octanol–water partition coefficient (Wildman–Crippen LogP) is 6.03. The largest absolute Gasteiger partial charge is 0.449 e. The monoisotopic (exact) mass is 558 g/mol. The number of aliphatic hydroxyl groups is 3. The van der Waals surface area contributed by atoms with Crippen LogP contribution in [-0.2, 0) is 9.47 Å². The number of nitrogens with two attached hydrogens (primary N) is 1. The van der Waals surface area contributed by atoms with Crippen molar-refractivity contribution in [3.8, 4) is 0 Å². The van der Waals surface area contributed by atoms with Gasteiger partial charge in [-0.1, -0.05) is 129 Å². The van der Waals surface area contributed by atoms with E-state index in [4.69, 9.17) is 15.2 Å². The second-order valence-electron chi connectivity index (χ2n) is 11.5. The first kappa shape index (κ1) is 36.1. The standard InChI is InChI=1S/C31H62N2O6/c1-3-5-7-9-11-13-15-17-19-21-23-33(30-27(32)29(36)28(35)26(25-34)39-30)31(37)38-24-22-20-18-16-14-12-10-8-6-4-2/h26-30,34-36H,3-25,32H2,1-2H3/t26-,27-,28+,29-,30-/m1/s1. The minimum Gasteiger partial charge on any atom is -0.449 e. The first-order chi connectivity index (χ1) is 19.0. The second kappa shape index (κ2) is 23.7. The molecule has 0 aromatic heterocycles. The number of hydrogen-bond acceptors (Lipinski definition) is 7. The molecule has 1 fully saturated rings. The third kappa shape index (κ3) is 15.6. The van der Waals surface area contributed by atoms with Crippen LogP contribution >= 0.6 is 0 Å². The van der Waals surface area contributed by atoms with Crippen LogP contribution < -0.4 is 5.73 Å². The minimum atomic E-state index is -1.30. The van der Waals surface area contributed by atoms with Gasteiger partial charge in [0.2, 0.25) is 0 Å². The van der Waals surface area contributed by atoms with Crippen molar-refractivity contribution in [2.24, 2.45) is 5.73 Å². The van der Waals surface area contributed by atoms with E-state index in [0.29, 0.717) is 13.2 Å². The summed E-state index contributed by atoms with van der Waals surface area (Å²) in [6, 6.07) is -0.990. The number of unbranched alkanes of at least 4 members (excludes halogenated alkanes) is 18. The summed E-state index contributed by atoms with van der Waals surface area (Å²) in [6.07, 6.45) is 18.8. The normalized spacial score (nSPS) is 23.2. The van der Waals surface area contributed by atoms with Crippen molar-refractivity contribution in [1.82, 2.24) is 4.90 Å². The number of carbonyl (C=O) groups is 1. The molecule has 0 spiro atoms. The zero-order valence-electron chi connectivity index (χ0n) is 25.2. The molecule has 0 bridgehead atoms. The summed E-state index contributed by atoms with van der Waals surface area (Å²) in [6.45, 7) is 4.73. The molecule has 1 aliphatic rings. The number of aliphatic hydroxyl groups excluding tert-OH is 3. The fraction of sp³-hybridized carbons (Fsp3) is 0.968. The van der Waals surface area contributed by atoms with Crippen LogP contribution in [-0.4, -0.2) is 76.7 Å². The van der Waals surface area contributed by atoms with Gasteiger partial charge >= 0.3 is 6.09 Å². The minimum absolute atomic E-state index is 0.334. The van der Waals surface area contributed by atoms with Gasteiger partial charge in [-0.3, -0.25) is 4.90 Å². The molecule has 0 aromatic carbocycles. The number of amides is 1. The molecule has 1 heterocycles. The topological polar surface area (TPSA) is 125 Å². The van der Waals surface area contributed by atoms with Gasteiger partial charge in [0.15, 0.2) is 6.23 Å². The molecule has 232 valence electrons. The van der Waals surface area contributed by atoms with E-state index < -0.39 is 43.3 Å². The van der Waals surface area contributed by atoms with Crippen molar-refractivity contribution in [1.29, 1.82) is 0 Å². The molecule has 0 saturated carbocycles. The SMILES string of the molecule is CCCCCCCCCCCCOC(=O)N(CCCCCCCCCCCC)[C@@H]1O[C@H](CO)[C@H](O)[C@H](O)[C@H]1N. The summed E-state index contributed by atoms with van der Waals surface area (Å²) in [5.74, 6) is 0. The molecular weight excluding hydrogens is 496 g/mol. The molecule has 1 amide bonds. The van der Waals surface area contributed by atoms with Crippen LogP contribution in [0, 0.1) is 0 Å². The van der Waals surface area contributed by atoms with Gasteiger partial charge in [-0.2, -0.15) is 0 Å².